The Morgan fingerprint density at radius 1 is 0.465 bits per heavy atom. The molecule has 0 spiro atoms. The van der Waals surface area contributed by atoms with Crippen molar-refractivity contribution < 1.29 is 36.2 Å². The molecular formula is C33H36O8S2. The van der Waals surface area contributed by atoms with E-state index >= 15 is 0 Å². The molecule has 43 heavy (non-hydrogen) atoms. The van der Waals surface area contributed by atoms with E-state index in [0.29, 0.717) is 37.1 Å². The number of hydrogen-bond donors (Lipinski definition) is 1. The summed E-state index contributed by atoms with van der Waals surface area (Å²) in [5.41, 5.74) is 0. The van der Waals surface area contributed by atoms with Gasteiger partial charge in [-0.3, -0.25) is 0 Å². The van der Waals surface area contributed by atoms with Gasteiger partial charge in [-0.05, 0) is 129 Å². The summed E-state index contributed by atoms with van der Waals surface area (Å²) in [6.07, 6.45) is 4.44. The first-order chi connectivity index (χ1) is 20.7. The fourth-order valence-electron chi connectivity index (χ4n) is 4.20. The van der Waals surface area contributed by atoms with Gasteiger partial charge < -0.3 is 19.3 Å². The first-order valence-corrected chi connectivity index (χ1v) is 17.1. The maximum atomic E-state index is 12.9. The summed E-state index contributed by atoms with van der Waals surface area (Å²) in [7, 11) is -7.29. The second-order valence-corrected chi connectivity index (χ2v) is 13.8. The molecule has 0 amide bonds. The Labute approximate surface area is 253 Å². The van der Waals surface area contributed by atoms with Crippen molar-refractivity contribution >= 4 is 19.7 Å². The highest BCUT2D eigenvalue weighted by molar-refractivity contribution is 7.91. The maximum absolute atomic E-state index is 12.9. The molecule has 4 aromatic rings. The van der Waals surface area contributed by atoms with Gasteiger partial charge >= 0.3 is 0 Å². The number of rotatable bonds is 16. The van der Waals surface area contributed by atoms with Crippen LogP contribution < -0.4 is 14.2 Å². The zero-order valence-electron chi connectivity index (χ0n) is 24.0. The predicted octanol–water partition coefficient (Wildman–Crippen LogP) is 6.86. The van der Waals surface area contributed by atoms with Gasteiger partial charge in [0.1, 0.15) is 23.0 Å². The molecule has 10 heteroatoms. The van der Waals surface area contributed by atoms with Gasteiger partial charge in [0.05, 0.1) is 39.4 Å². The second-order valence-electron chi connectivity index (χ2n) is 9.87. The van der Waals surface area contributed by atoms with Gasteiger partial charge in [-0.2, -0.15) is 0 Å². The van der Waals surface area contributed by atoms with Gasteiger partial charge in [-0.1, -0.05) is 6.92 Å². The molecule has 0 aliphatic heterocycles. The predicted molar refractivity (Wildman–Crippen MR) is 164 cm³/mol. The first-order valence-electron chi connectivity index (χ1n) is 14.2. The molecule has 0 saturated carbocycles. The highest BCUT2D eigenvalue weighted by Gasteiger charge is 2.18. The van der Waals surface area contributed by atoms with Gasteiger partial charge in [0.2, 0.25) is 19.7 Å². The van der Waals surface area contributed by atoms with Crippen LogP contribution in [0.15, 0.2) is 117 Å². The van der Waals surface area contributed by atoms with Crippen LogP contribution in [0.3, 0.4) is 0 Å². The third-order valence-corrected chi connectivity index (χ3v) is 10.2. The minimum Gasteiger partial charge on any atom is -0.508 e. The molecule has 4 rings (SSSR count). The zero-order valence-corrected chi connectivity index (χ0v) is 25.6. The fraction of sp³-hybridized carbons (Fsp3) is 0.273. The Hall–Kier alpha value is -4.02. The molecule has 0 atom stereocenters. The van der Waals surface area contributed by atoms with Crippen molar-refractivity contribution in [2.75, 3.05) is 19.8 Å². The molecule has 0 heterocycles. The lowest BCUT2D eigenvalue weighted by molar-refractivity contribution is 0.287. The number of hydrogen-bond acceptors (Lipinski definition) is 8. The lowest BCUT2D eigenvalue weighted by atomic mass is 10.2. The van der Waals surface area contributed by atoms with Crippen LogP contribution >= 0.6 is 0 Å². The van der Waals surface area contributed by atoms with Gasteiger partial charge in [0.25, 0.3) is 0 Å². The maximum Gasteiger partial charge on any atom is 0.206 e. The summed E-state index contributed by atoms with van der Waals surface area (Å²) in [6, 6.07) is 24.6. The number of ether oxygens (including phenoxy) is 3. The van der Waals surface area contributed by atoms with Gasteiger partial charge in [0.15, 0.2) is 0 Å². The molecule has 8 nitrogen and oxygen atoms in total. The number of aromatic hydroxyl groups is 1. The second kappa shape index (κ2) is 14.9. The van der Waals surface area contributed by atoms with E-state index in [1.165, 1.54) is 36.4 Å². The highest BCUT2D eigenvalue weighted by atomic mass is 32.2. The quantitative estimate of drug-likeness (QED) is 0.134. The van der Waals surface area contributed by atoms with Crippen molar-refractivity contribution in [2.45, 2.75) is 58.6 Å². The topological polar surface area (TPSA) is 116 Å². The lowest BCUT2D eigenvalue weighted by Gasteiger charge is -2.10. The number of phenols is 1. The Morgan fingerprint density at radius 2 is 0.767 bits per heavy atom. The summed E-state index contributed by atoms with van der Waals surface area (Å²) >= 11 is 0. The van der Waals surface area contributed by atoms with E-state index in [1.54, 1.807) is 60.7 Å². The summed E-state index contributed by atoms with van der Waals surface area (Å²) < 4.78 is 68.4. The molecule has 0 fully saturated rings. The fourth-order valence-corrected chi connectivity index (χ4v) is 6.72. The van der Waals surface area contributed by atoms with E-state index in [4.69, 9.17) is 14.2 Å². The third-order valence-electron chi connectivity index (χ3n) is 6.60. The molecule has 0 aliphatic carbocycles. The van der Waals surface area contributed by atoms with E-state index < -0.39 is 19.7 Å². The van der Waals surface area contributed by atoms with Crippen LogP contribution in [0.4, 0.5) is 0 Å². The van der Waals surface area contributed by atoms with Crippen LogP contribution in [0.5, 0.6) is 23.0 Å². The van der Waals surface area contributed by atoms with Crippen LogP contribution in [0, 0.1) is 0 Å². The van der Waals surface area contributed by atoms with Crippen LogP contribution in [0.25, 0.3) is 0 Å². The summed E-state index contributed by atoms with van der Waals surface area (Å²) in [5.74, 6) is 1.86. The van der Waals surface area contributed by atoms with Gasteiger partial charge in [-0.25, -0.2) is 16.8 Å². The molecule has 4 aromatic carbocycles. The van der Waals surface area contributed by atoms with E-state index in [9.17, 15) is 21.9 Å². The number of phenolic OH excluding ortho intramolecular Hbond substituents is 1. The minimum absolute atomic E-state index is 0.00653. The molecule has 1 N–H and O–H groups in total. The molecule has 0 saturated heterocycles. The zero-order chi connectivity index (χ0) is 30.7. The smallest absolute Gasteiger partial charge is 0.206 e. The Bertz CT molecular complexity index is 1650. The lowest BCUT2D eigenvalue weighted by Crippen LogP contribution is -2.03. The van der Waals surface area contributed by atoms with Crippen molar-refractivity contribution in [3.05, 3.63) is 97.1 Å². The summed E-state index contributed by atoms with van der Waals surface area (Å²) in [6.45, 7) is 3.62. The van der Waals surface area contributed by atoms with Crippen LogP contribution in [-0.2, 0) is 19.7 Å². The molecule has 0 bridgehead atoms. The monoisotopic (exact) mass is 624 g/mol. The Balaban J connectivity index is 1.13. The first kappa shape index (κ1) is 31.9. The molecule has 228 valence electrons. The molecule has 0 unspecified atom stereocenters. The number of benzene rings is 4. The molecule has 0 radical (unpaired) electrons. The third kappa shape index (κ3) is 8.75. The van der Waals surface area contributed by atoms with Crippen LogP contribution in [0.1, 0.15) is 39.0 Å². The SMILES string of the molecule is CCCOc1ccc(S(=O)(=O)c2ccc(OCCCCCCOc3ccc(S(=O)(=O)c4ccc(O)cc4)cc3)cc2)cc1. The number of unbranched alkanes of at least 4 members (excludes halogenated alkanes) is 3. The van der Waals surface area contributed by atoms with E-state index in [0.717, 1.165) is 32.1 Å². The van der Waals surface area contributed by atoms with Crippen molar-refractivity contribution in [1.82, 2.24) is 0 Å². The average Bonchev–Trinajstić information content (AvgIpc) is 3.02. The largest absolute Gasteiger partial charge is 0.508 e. The Kier molecular flexibility index (Phi) is 11.1. The van der Waals surface area contributed by atoms with Crippen molar-refractivity contribution in [3.63, 3.8) is 0 Å². The highest BCUT2D eigenvalue weighted by Crippen LogP contribution is 2.26. The van der Waals surface area contributed by atoms with E-state index in [-0.39, 0.29) is 25.3 Å². The van der Waals surface area contributed by atoms with Gasteiger partial charge in [0, 0.05) is 0 Å². The van der Waals surface area contributed by atoms with Crippen molar-refractivity contribution in [1.29, 1.82) is 0 Å². The average molecular weight is 625 g/mol. The Morgan fingerprint density at radius 3 is 1.09 bits per heavy atom. The van der Waals surface area contributed by atoms with Crippen LogP contribution in [0.2, 0.25) is 0 Å². The molecule has 0 aromatic heterocycles. The standard InChI is InChI=1S/C33H36O8S2/c1-2-23-39-27-9-17-32(18-10-27)43(37,38)33-21-13-29(14-22-33)41-25-6-4-3-5-24-40-28-11-19-31(20-12-28)42(35,36)30-15-7-26(34)8-16-30/h7-22,34H,2-6,23-25H2,1H3. The van der Waals surface area contributed by atoms with Gasteiger partial charge in [-0.15, -0.1) is 0 Å². The van der Waals surface area contributed by atoms with Crippen molar-refractivity contribution in [2.24, 2.45) is 0 Å². The van der Waals surface area contributed by atoms with E-state index in [1.807, 2.05) is 6.92 Å². The van der Waals surface area contributed by atoms with E-state index in [2.05, 4.69) is 0 Å². The number of sulfone groups is 2. The van der Waals surface area contributed by atoms with Crippen LogP contribution in [-0.4, -0.2) is 41.8 Å². The molecular weight excluding hydrogens is 588 g/mol. The van der Waals surface area contributed by atoms with Crippen molar-refractivity contribution in [3.8, 4) is 23.0 Å². The molecule has 0 aliphatic rings. The normalized spacial score (nSPS) is 11.7. The summed E-state index contributed by atoms with van der Waals surface area (Å²) in [4.78, 5) is 0.688. The minimum atomic E-state index is -3.66. The summed E-state index contributed by atoms with van der Waals surface area (Å²) in [5, 5.41) is 9.38.